The Labute approximate surface area is 192 Å². The van der Waals surface area contributed by atoms with E-state index in [1.807, 2.05) is 10.8 Å². The fraction of sp³-hybridized carbons (Fsp3) is 0.640. The minimum atomic E-state index is -3.46. The maximum absolute atomic E-state index is 13.3. The number of halogens is 1. The molecule has 1 amide bonds. The van der Waals surface area contributed by atoms with E-state index in [1.165, 1.54) is 25.0 Å². The molecule has 2 N–H and O–H groups in total. The molecule has 180 valence electrons. The number of aliphatic hydroxyl groups is 1. The smallest absolute Gasteiger partial charge is 0.233 e. The van der Waals surface area contributed by atoms with E-state index in [0.29, 0.717) is 24.2 Å². The van der Waals surface area contributed by atoms with Gasteiger partial charge in [-0.3, -0.25) is 9.52 Å². The highest BCUT2D eigenvalue weighted by atomic mass is 32.2. The fourth-order valence-corrected chi connectivity index (χ4v) is 5.35. The van der Waals surface area contributed by atoms with Crippen molar-refractivity contribution in [1.29, 1.82) is 0 Å². The first-order chi connectivity index (χ1) is 15.1. The number of sulfonamides is 1. The molecule has 1 saturated carbocycles. The van der Waals surface area contributed by atoms with Crippen molar-refractivity contribution in [3.05, 3.63) is 41.7 Å². The van der Waals surface area contributed by atoms with Gasteiger partial charge in [0.1, 0.15) is 5.82 Å². The standard InChI is InChI=1S/C25H38FNO4S/c1-19-12-14-21(15-17-23(28)16-13-20-8-7-9-22(26)18-20)24(19)10-5-3-4-6-11-25(29)27-32(2,30)31/h7-9,13,16,18-19,21,23-24,28H,3-6,10-12,14-15,17H2,1-2H3,(H,27,29)/b16-13+/t19-,21?,23?,24-/m0/s1. The second kappa shape index (κ2) is 13.1. The molecule has 0 bridgehead atoms. The summed E-state index contributed by atoms with van der Waals surface area (Å²) >= 11 is 0. The third-order valence-corrected chi connectivity index (χ3v) is 7.11. The van der Waals surface area contributed by atoms with Crippen LogP contribution in [0.15, 0.2) is 30.3 Å². The molecule has 1 aliphatic rings. The number of rotatable bonds is 13. The second-order valence-electron chi connectivity index (χ2n) is 9.29. The third kappa shape index (κ3) is 10.3. The number of amides is 1. The van der Waals surface area contributed by atoms with Crippen LogP contribution in [0.25, 0.3) is 6.08 Å². The maximum Gasteiger partial charge on any atom is 0.233 e. The number of hydrogen-bond donors (Lipinski definition) is 2. The molecule has 0 aromatic heterocycles. The number of hydrogen-bond acceptors (Lipinski definition) is 4. The summed E-state index contributed by atoms with van der Waals surface area (Å²) in [5.74, 6) is 1.29. The largest absolute Gasteiger partial charge is 0.389 e. The highest BCUT2D eigenvalue weighted by Gasteiger charge is 2.32. The van der Waals surface area contributed by atoms with Crippen LogP contribution in [0.5, 0.6) is 0 Å². The molecule has 7 heteroatoms. The topological polar surface area (TPSA) is 83.5 Å². The zero-order chi connectivity index (χ0) is 23.6. The molecule has 32 heavy (non-hydrogen) atoms. The van der Waals surface area contributed by atoms with Crippen molar-refractivity contribution in [2.75, 3.05) is 6.26 Å². The van der Waals surface area contributed by atoms with Gasteiger partial charge in [-0.2, -0.15) is 0 Å². The summed E-state index contributed by atoms with van der Waals surface area (Å²) in [6, 6.07) is 6.34. The lowest BCUT2D eigenvalue weighted by Crippen LogP contribution is -2.28. The van der Waals surface area contributed by atoms with E-state index in [1.54, 1.807) is 18.2 Å². The van der Waals surface area contributed by atoms with E-state index in [2.05, 4.69) is 6.92 Å². The molecule has 4 atom stereocenters. The van der Waals surface area contributed by atoms with Crippen LogP contribution in [0, 0.1) is 23.6 Å². The number of benzene rings is 1. The predicted molar refractivity (Wildman–Crippen MR) is 127 cm³/mol. The van der Waals surface area contributed by atoms with Gasteiger partial charge >= 0.3 is 0 Å². The van der Waals surface area contributed by atoms with E-state index in [0.717, 1.165) is 50.3 Å². The number of carbonyl (C=O) groups is 1. The maximum atomic E-state index is 13.3. The van der Waals surface area contributed by atoms with Crippen molar-refractivity contribution in [2.45, 2.75) is 77.2 Å². The molecule has 0 spiro atoms. The third-order valence-electron chi connectivity index (χ3n) is 6.51. The van der Waals surface area contributed by atoms with Gasteiger partial charge in [0.15, 0.2) is 0 Å². The Morgan fingerprint density at radius 2 is 1.97 bits per heavy atom. The van der Waals surface area contributed by atoms with E-state index in [9.17, 15) is 22.7 Å². The Kier molecular flexibility index (Phi) is 10.9. The minimum Gasteiger partial charge on any atom is -0.389 e. The molecule has 0 radical (unpaired) electrons. The number of carbonyl (C=O) groups excluding carboxylic acids is 1. The van der Waals surface area contributed by atoms with E-state index >= 15 is 0 Å². The van der Waals surface area contributed by atoms with Gasteiger partial charge < -0.3 is 5.11 Å². The first-order valence-corrected chi connectivity index (χ1v) is 13.7. The Hall–Kier alpha value is -1.73. The van der Waals surface area contributed by atoms with Crippen LogP contribution in [0.2, 0.25) is 0 Å². The predicted octanol–water partition coefficient (Wildman–Crippen LogP) is 5.06. The molecule has 0 heterocycles. The summed E-state index contributed by atoms with van der Waals surface area (Å²) in [4.78, 5) is 11.5. The van der Waals surface area contributed by atoms with Crippen molar-refractivity contribution in [3.8, 4) is 0 Å². The van der Waals surface area contributed by atoms with Crippen molar-refractivity contribution in [1.82, 2.24) is 4.72 Å². The molecule has 0 saturated heterocycles. The molecule has 2 unspecified atom stereocenters. The summed E-state index contributed by atoms with van der Waals surface area (Å²) in [5, 5.41) is 10.3. The number of aliphatic hydroxyl groups excluding tert-OH is 1. The normalized spacial score (nSPS) is 22.3. The number of nitrogens with one attached hydrogen (secondary N) is 1. The Morgan fingerprint density at radius 3 is 2.69 bits per heavy atom. The van der Waals surface area contributed by atoms with Gasteiger partial charge in [0.05, 0.1) is 12.4 Å². The fourth-order valence-electron chi connectivity index (χ4n) is 4.84. The summed E-state index contributed by atoms with van der Waals surface area (Å²) in [5.41, 5.74) is 0.755. The van der Waals surface area contributed by atoms with Crippen molar-refractivity contribution < 1.29 is 22.7 Å². The van der Waals surface area contributed by atoms with Gasteiger partial charge in [-0.05, 0) is 67.6 Å². The lowest BCUT2D eigenvalue weighted by Gasteiger charge is -2.23. The quantitative estimate of drug-likeness (QED) is 0.397. The summed E-state index contributed by atoms with van der Waals surface area (Å²) < 4.78 is 37.3. The highest BCUT2D eigenvalue weighted by Crippen LogP contribution is 2.42. The second-order valence-corrected chi connectivity index (χ2v) is 11.0. The summed E-state index contributed by atoms with van der Waals surface area (Å²) in [6.07, 6.45) is 13.3. The van der Waals surface area contributed by atoms with E-state index in [4.69, 9.17) is 0 Å². The van der Waals surface area contributed by atoms with Gasteiger partial charge in [-0.15, -0.1) is 0 Å². The molecule has 1 fully saturated rings. The number of unbranched alkanes of at least 4 members (excludes halogenated alkanes) is 3. The van der Waals surface area contributed by atoms with Crippen LogP contribution in [0.4, 0.5) is 4.39 Å². The summed E-state index contributed by atoms with van der Waals surface area (Å²) in [6.45, 7) is 2.32. The van der Waals surface area contributed by atoms with Crippen molar-refractivity contribution >= 4 is 22.0 Å². The van der Waals surface area contributed by atoms with Gasteiger partial charge in [0.2, 0.25) is 15.9 Å². The lowest BCUT2D eigenvalue weighted by molar-refractivity contribution is -0.119. The average molecular weight is 468 g/mol. The van der Waals surface area contributed by atoms with Crippen LogP contribution >= 0.6 is 0 Å². The van der Waals surface area contributed by atoms with E-state index in [-0.39, 0.29) is 12.2 Å². The lowest BCUT2D eigenvalue weighted by atomic mass is 9.83. The van der Waals surface area contributed by atoms with Gasteiger partial charge in [-0.25, -0.2) is 12.8 Å². The average Bonchev–Trinajstić information content (AvgIpc) is 3.05. The first-order valence-electron chi connectivity index (χ1n) is 11.8. The molecule has 2 rings (SSSR count). The van der Waals surface area contributed by atoms with Crippen LogP contribution in [0.1, 0.15) is 76.7 Å². The minimum absolute atomic E-state index is 0.247. The zero-order valence-corrected chi connectivity index (χ0v) is 20.1. The van der Waals surface area contributed by atoms with Crippen molar-refractivity contribution in [2.24, 2.45) is 17.8 Å². The van der Waals surface area contributed by atoms with Gasteiger partial charge in [0.25, 0.3) is 0 Å². The van der Waals surface area contributed by atoms with Gasteiger partial charge in [0, 0.05) is 6.42 Å². The molecule has 0 aliphatic heterocycles. The SMILES string of the molecule is C[C@H]1CCC(CCC(O)/C=C/c2cccc(F)c2)[C@H]1CCCCCCC(=O)NS(C)(=O)=O. The Balaban J connectivity index is 1.66. The van der Waals surface area contributed by atoms with Gasteiger partial charge in [-0.1, -0.05) is 56.9 Å². The molecule has 1 aliphatic carbocycles. The molecular formula is C25H38FNO4S. The van der Waals surface area contributed by atoms with Crippen LogP contribution < -0.4 is 4.72 Å². The molecule has 1 aromatic carbocycles. The monoisotopic (exact) mass is 467 g/mol. The highest BCUT2D eigenvalue weighted by molar-refractivity contribution is 7.89. The molecular weight excluding hydrogens is 429 g/mol. The van der Waals surface area contributed by atoms with Crippen LogP contribution in [-0.4, -0.2) is 31.8 Å². The molecule has 5 nitrogen and oxygen atoms in total. The zero-order valence-electron chi connectivity index (χ0n) is 19.3. The molecule has 1 aromatic rings. The van der Waals surface area contributed by atoms with Crippen LogP contribution in [0.3, 0.4) is 0 Å². The van der Waals surface area contributed by atoms with E-state index < -0.39 is 22.0 Å². The Bertz CT molecular complexity index is 855. The van der Waals surface area contributed by atoms with Crippen molar-refractivity contribution in [3.63, 3.8) is 0 Å². The summed E-state index contributed by atoms with van der Waals surface area (Å²) in [7, 11) is -3.46. The first kappa shape index (κ1) is 26.5. The Morgan fingerprint density at radius 1 is 1.22 bits per heavy atom. The van der Waals surface area contributed by atoms with Crippen LogP contribution in [-0.2, 0) is 14.8 Å².